The van der Waals surface area contributed by atoms with E-state index in [0.717, 1.165) is 27.0 Å². The number of hydrogen-bond acceptors (Lipinski definition) is 5. The minimum Gasteiger partial charge on any atom is -0.278 e. The number of hydrogen-bond donors (Lipinski definition) is 0. The second-order valence-electron chi connectivity index (χ2n) is 6.75. The summed E-state index contributed by atoms with van der Waals surface area (Å²) in [6, 6.07) is 9.44. The average Bonchev–Trinajstić information content (AvgIpc) is 3.33. The van der Waals surface area contributed by atoms with Gasteiger partial charge in [0.2, 0.25) is 0 Å². The number of anilines is 1. The zero-order chi connectivity index (χ0) is 20.5. The molecule has 1 aromatic carbocycles. The van der Waals surface area contributed by atoms with Crippen LogP contribution >= 0.6 is 22.9 Å². The van der Waals surface area contributed by atoms with Gasteiger partial charge in [-0.25, -0.2) is 4.98 Å². The maximum atomic E-state index is 13.6. The number of rotatable bonds is 5. The predicted molar refractivity (Wildman–Crippen MR) is 117 cm³/mol. The molecule has 0 unspecified atom stereocenters. The summed E-state index contributed by atoms with van der Waals surface area (Å²) < 4.78 is 2.72. The molecule has 4 rings (SSSR count). The fraction of sp³-hybridized carbons (Fsp3) is 0.238. The maximum absolute atomic E-state index is 13.6. The number of aromatic nitrogens is 4. The number of pyridine rings is 1. The van der Waals surface area contributed by atoms with Gasteiger partial charge in [0.05, 0.1) is 22.5 Å². The van der Waals surface area contributed by atoms with E-state index < -0.39 is 0 Å². The molecule has 0 bridgehead atoms. The van der Waals surface area contributed by atoms with Crippen LogP contribution in [0.2, 0.25) is 5.02 Å². The molecule has 0 N–H and O–H groups in total. The summed E-state index contributed by atoms with van der Waals surface area (Å²) in [7, 11) is 0. The highest BCUT2D eigenvalue weighted by Crippen LogP contribution is 2.34. The van der Waals surface area contributed by atoms with Crippen molar-refractivity contribution < 1.29 is 4.79 Å². The van der Waals surface area contributed by atoms with Crippen molar-refractivity contribution in [1.82, 2.24) is 19.7 Å². The number of carbonyl (C=O) groups excluding carboxylic acids is 1. The Balaban J connectivity index is 1.82. The van der Waals surface area contributed by atoms with Gasteiger partial charge in [-0.1, -0.05) is 29.0 Å². The summed E-state index contributed by atoms with van der Waals surface area (Å²) in [4.78, 5) is 24.2. The summed E-state index contributed by atoms with van der Waals surface area (Å²) in [6.45, 7) is 6.78. The van der Waals surface area contributed by atoms with Gasteiger partial charge in [0, 0.05) is 24.0 Å². The van der Waals surface area contributed by atoms with Crippen LogP contribution in [0.3, 0.4) is 0 Å². The number of aryl methyl sites for hydroxylation is 3. The molecule has 4 aromatic rings. The number of halogens is 1. The van der Waals surface area contributed by atoms with Gasteiger partial charge in [-0.05, 0) is 56.2 Å². The Kier molecular flexibility index (Phi) is 5.34. The lowest BCUT2D eigenvalue weighted by atomic mass is 10.2. The highest BCUT2D eigenvalue weighted by atomic mass is 35.5. The molecule has 0 saturated carbocycles. The van der Waals surface area contributed by atoms with Gasteiger partial charge in [-0.15, -0.1) is 0 Å². The molecule has 6 nitrogen and oxygen atoms in total. The minimum absolute atomic E-state index is 0.140. The molecule has 0 aliphatic rings. The van der Waals surface area contributed by atoms with Crippen LogP contribution in [-0.2, 0) is 13.1 Å². The molecule has 148 valence electrons. The van der Waals surface area contributed by atoms with Crippen LogP contribution in [0.5, 0.6) is 0 Å². The first-order valence-electron chi connectivity index (χ1n) is 9.28. The number of nitrogens with zero attached hydrogens (tertiary/aromatic N) is 5. The van der Waals surface area contributed by atoms with E-state index in [1.165, 1.54) is 11.3 Å². The Morgan fingerprint density at radius 2 is 2.10 bits per heavy atom. The topological polar surface area (TPSA) is 63.9 Å². The zero-order valence-corrected chi connectivity index (χ0v) is 18.0. The first kappa shape index (κ1) is 19.5. The highest BCUT2D eigenvalue weighted by molar-refractivity contribution is 7.22. The molecule has 0 spiro atoms. The molecule has 8 heteroatoms. The van der Waals surface area contributed by atoms with Gasteiger partial charge in [0.1, 0.15) is 5.69 Å². The normalized spacial score (nSPS) is 11.2. The van der Waals surface area contributed by atoms with Gasteiger partial charge >= 0.3 is 0 Å². The van der Waals surface area contributed by atoms with Crippen LogP contribution in [0.4, 0.5) is 5.13 Å². The molecule has 0 atom stereocenters. The van der Waals surface area contributed by atoms with E-state index in [0.29, 0.717) is 28.9 Å². The maximum Gasteiger partial charge on any atom is 0.278 e. The van der Waals surface area contributed by atoms with Crippen molar-refractivity contribution in [3.63, 3.8) is 0 Å². The quantitative estimate of drug-likeness (QED) is 0.450. The lowest BCUT2D eigenvalue weighted by Gasteiger charge is -2.20. The van der Waals surface area contributed by atoms with E-state index in [1.54, 1.807) is 22.0 Å². The summed E-state index contributed by atoms with van der Waals surface area (Å²) >= 11 is 7.75. The summed E-state index contributed by atoms with van der Waals surface area (Å²) in [5, 5.41) is 5.72. The SMILES string of the molecule is CCn1nc(C)cc1C(=O)N(Cc1cccnc1)c1nc2c(C)c(Cl)ccc2s1. The van der Waals surface area contributed by atoms with Crippen molar-refractivity contribution in [2.75, 3.05) is 4.90 Å². The van der Waals surface area contributed by atoms with E-state index in [1.807, 2.05) is 51.1 Å². The Morgan fingerprint density at radius 3 is 2.83 bits per heavy atom. The fourth-order valence-corrected chi connectivity index (χ4v) is 4.38. The molecule has 0 saturated heterocycles. The van der Waals surface area contributed by atoms with Crippen molar-refractivity contribution in [2.24, 2.45) is 0 Å². The number of thiazole rings is 1. The number of fused-ring (bicyclic) bond motifs is 1. The Labute approximate surface area is 177 Å². The van der Waals surface area contributed by atoms with E-state index in [-0.39, 0.29) is 5.91 Å². The van der Waals surface area contributed by atoms with Gasteiger partial charge in [-0.3, -0.25) is 19.4 Å². The molecule has 3 aromatic heterocycles. The van der Waals surface area contributed by atoms with Crippen molar-refractivity contribution >= 4 is 44.2 Å². The van der Waals surface area contributed by atoms with Crippen molar-refractivity contribution in [1.29, 1.82) is 0 Å². The highest BCUT2D eigenvalue weighted by Gasteiger charge is 2.25. The second-order valence-corrected chi connectivity index (χ2v) is 8.17. The molecule has 0 aliphatic heterocycles. The molecule has 0 radical (unpaired) electrons. The number of benzene rings is 1. The standard InChI is InChI=1S/C21H20ClN5OS/c1-4-27-17(10-13(2)25-27)20(28)26(12-15-6-5-9-23-11-15)21-24-19-14(3)16(22)7-8-18(19)29-21/h5-11H,4,12H2,1-3H3. The Morgan fingerprint density at radius 1 is 1.28 bits per heavy atom. The molecule has 29 heavy (non-hydrogen) atoms. The lowest BCUT2D eigenvalue weighted by Crippen LogP contribution is -2.32. The third-order valence-electron chi connectivity index (χ3n) is 4.70. The van der Waals surface area contributed by atoms with Crippen LogP contribution < -0.4 is 4.90 Å². The summed E-state index contributed by atoms with van der Waals surface area (Å²) in [5.74, 6) is -0.140. The largest absolute Gasteiger partial charge is 0.278 e. The molecular weight excluding hydrogens is 406 g/mol. The predicted octanol–water partition coefficient (Wildman–Crippen LogP) is 5.02. The molecule has 0 aliphatic carbocycles. The van der Waals surface area contributed by atoms with Gasteiger partial charge < -0.3 is 0 Å². The number of amides is 1. The third kappa shape index (κ3) is 3.75. The van der Waals surface area contributed by atoms with Crippen molar-refractivity contribution in [3.8, 4) is 0 Å². The zero-order valence-electron chi connectivity index (χ0n) is 16.4. The lowest BCUT2D eigenvalue weighted by molar-refractivity contribution is 0.0975. The van der Waals surface area contributed by atoms with Gasteiger partial charge in [0.25, 0.3) is 5.91 Å². The summed E-state index contributed by atoms with van der Waals surface area (Å²) in [6.07, 6.45) is 3.48. The molecule has 3 heterocycles. The third-order valence-corrected chi connectivity index (χ3v) is 6.15. The van der Waals surface area contributed by atoms with E-state index in [4.69, 9.17) is 16.6 Å². The molecular formula is C21H20ClN5OS. The first-order chi connectivity index (χ1) is 14.0. The van der Waals surface area contributed by atoms with Crippen LogP contribution in [0.1, 0.15) is 34.2 Å². The van der Waals surface area contributed by atoms with Gasteiger partial charge in [-0.2, -0.15) is 5.10 Å². The van der Waals surface area contributed by atoms with Crippen molar-refractivity contribution in [2.45, 2.75) is 33.9 Å². The van der Waals surface area contributed by atoms with E-state index >= 15 is 0 Å². The van der Waals surface area contributed by atoms with Crippen LogP contribution in [0.15, 0.2) is 42.7 Å². The Hall–Kier alpha value is -2.77. The Bertz CT molecular complexity index is 1180. The van der Waals surface area contributed by atoms with Crippen LogP contribution in [0.25, 0.3) is 10.2 Å². The van der Waals surface area contributed by atoms with Crippen molar-refractivity contribution in [3.05, 3.63) is 70.3 Å². The van der Waals surface area contributed by atoms with Gasteiger partial charge in [0.15, 0.2) is 5.13 Å². The minimum atomic E-state index is -0.140. The fourth-order valence-electron chi connectivity index (χ4n) is 3.20. The smallest absolute Gasteiger partial charge is 0.278 e. The second kappa shape index (κ2) is 7.93. The number of carbonyl (C=O) groups is 1. The molecule has 0 fully saturated rings. The van der Waals surface area contributed by atoms with Crippen LogP contribution in [-0.4, -0.2) is 25.7 Å². The summed E-state index contributed by atoms with van der Waals surface area (Å²) in [5.41, 5.74) is 4.01. The van der Waals surface area contributed by atoms with E-state index in [2.05, 4.69) is 10.1 Å². The van der Waals surface area contributed by atoms with Crippen LogP contribution in [0, 0.1) is 13.8 Å². The average molecular weight is 426 g/mol. The first-order valence-corrected chi connectivity index (χ1v) is 10.5. The van der Waals surface area contributed by atoms with E-state index in [9.17, 15) is 4.79 Å². The monoisotopic (exact) mass is 425 g/mol. The molecule has 1 amide bonds.